The lowest BCUT2D eigenvalue weighted by Gasteiger charge is -2.27. The normalized spacial score (nSPS) is 15.1. The topological polar surface area (TPSA) is 59.7 Å². The maximum absolute atomic E-state index is 13.3. The van der Waals surface area contributed by atoms with Crippen LogP contribution >= 0.6 is 0 Å². The van der Waals surface area contributed by atoms with E-state index in [0.717, 1.165) is 6.07 Å². The quantitative estimate of drug-likeness (QED) is 0.625. The van der Waals surface area contributed by atoms with Crippen molar-refractivity contribution in [1.29, 1.82) is 0 Å². The second kappa shape index (κ2) is 7.47. The first-order valence-electron chi connectivity index (χ1n) is 9.19. The van der Waals surface area contributed by atoms with E-state index in [-0.39, 0.29) is 17.7 Å². The molecule has 3 aromatic rings. The molecule has 0 atom stereocenters. The summed E-state index contributed by atoms with van der Waals surface area (Å²) in [5.41, 5.74) is 1.18. The molecule has 0 saturated carbocycles. The van der Waals surface area contributed by atoms with Crippen LogP contribution in [-0.2, 0) is 17.3 Å². The summed E-state index contributed by atoms with van der Waals surface area (Å²) in [6, 6.07) is 4.09. The number of anilines is 1. The third-order valence-corrected chi connectivity index (χ3v) is 5.18. The number of hydrogen-bond acceptors (Lipinski definition) is 5. The Morgan fingerprint density at radius 2 is 2.00 bits per heavy atom. The van der Waals surface area contributed by atoms with Crippen molar-refractivity contribution in [3.8, 4) is 0 Å². The van der Waals surface area contributed by atoms with E-state index in [1.165, 1.54) is 13.0 Å². The molecule has 0 amide bonds. The molecule has 1 aliphatic heterocycles. The fourth-order valence-corrected chi connectivity index (χ4v) is 3.60. The molecule has 29 heavy (non-hydrogen) atoms. The van der Waals surface area contributed by atoms with Gasteiger partial charge in [-0.15, -0.1) is 0 Å². The number of rotatable bonds is 4. The molecule has 1 aromatic carbocycles. The van der Waals surface area contributed by atoms with E-state index >= 15 is 0 Å². The lowest BCUT2D eigenvalue weighted by molar-refractivity contribution is -0.138. The lowest BCUT2D eigenvalue weighted by Crippen LogP contribution is -2.36. The van der Waals surface area contributed by atoms with Crippen LogP contribution in [0.3, 0.4) is 0 Å². The van der Waals surface area contributed by atoms with Crippen molar-refractivity contribution < 1.29 is 22.7 Å². The fourth-order valence-electron chi connectivity index (χ4n) is 3.60. The molecule has 0 spiro atoms. The van der Waals surface area contributed by atoms with Gasteiger partial charge in [0.2, 0.25) is 0 Å². The van der Waals surface area contributed by atoms with Crippen molar-refractivity contribution in [2.45, 2.75) is 19.5 Å². The van der Waals surface area contributed by atoms with Crippen LogP contribution in [-0.4, -0.2) is 47.0 Å². The summed E-state index contributed by atoms with van der Waals surface area (Å²) in [4.78, 5) is 22.3. The summed E-state index contributed by atoms with van der Waals surface area (Å²) in [6.45, 7) is 4.02. The van der Waals surface area contributed by atoms with Crippen LogP contribution in [0.2, 0.25) is 0 Å². The van der Waals surface area contributed by atoms with Gasteiger partial charge in [-0.2, -0.15) is 13.2 Å². The number of carbonyl (C=O) groups excluding carboxylic acids is 1. The number of carbonyl (C=O) groups is 1. The standard InChI is InChI=1S/C20H19F3N4O2/c1-13-14(3-2-4-15(13)20(21,22)23)9-17-16(12-28)25-18-10-24-19(11-27(17)18)26-5-7-29-8-6-26/h2-4,10-12H,5-9H2,1H3. The predicted molar refractivity (Wildman–Crippen MR) is 100 cm³/mol. The zero-order valence-corrected chi connectivity index (χ0v) is 15.7. The van der Waals surface area contributed by atoms with Gasteiger partial charge >= 0.3 is 6.18 Å². The molecular formula is C20H19F3N4O2. The summed E-state index contributed by atoms with van der Waals surface area (Å²) >= 11 is 0. The minimum Gasteiger partial charge on any atom is -0.378 e. The molecule has 1 fully saturated rings. The number of halogens is 3. The van der Waals surface area contributed by atoms with Crippen molar-refractivity contribution in [1.82, 2.24) is 14.4 Å². The number of nitrogens with zero attached hydrogens (tertiary/aromatic N) is 4. The number of morpholine rings is 1. The highest BCUT2D eigenvalue weighted by Gasteiger charge is 2.33. The molecule has 0 aliphatic carbocycles. The van der Waals surface area contributed by atoms with Gasteiger partial charge in [0.05, 0.1) is 36.9 Å². The molecular weight excluding hydrogens is 385 g/mol. The van der Waals surface area contributed by atoms with E-state index in [4.69, 9.17) is 4.74 Å². The molecule has 0 radical (unpaired) electrons. The molecule has 152 valence electrons. The van der Waals surface area contributed by atoms with Gasteiger partial charge in [-0.25, -0.2) is 9.97 Å². The molecule has 0 N–H and O–H groups in total. The number of hydrogen-bond donors (Lipinski definition) is 0. The number of fused-ring (bicyclic) bond motifs is 1. The molecule has 4 rings (SSSR count). The Labute approximate surface area is 164 Å². The number of alkyl halides is 3. The monoisotopic (exact) mass is 404 g/mol. The van der Waals surface area contributed by atoms with E-state index in [1.807, 2.05) is 0 Å². The highest BCUT2D eigenvalue weighted by atomic mass is 19.4. The van der Waals surface area contributed by atoms with Gasteiger partial charge in [0.1, 0.15) is 11.5 Å². The molecule has 9 heteroatoms. The van der Waals surface area contributed by atoms with Crippen LogP contribution in [0, 0.1) is 6.92 Å². The molecule has 0 unspecified atom stereocenters. The summed E-state index contributed by atoms with van der Waals surface area (Å²) in [5, 5.41) is 0. The fraction of sp³-hybridized carbons (Fsp3) is 0.350. The van der Waals surface area contributed by atoms with Crippen LogP contribution < -0.4 is 4.90 Å². The van der Waals surface area contributed by atoms with Crippen molar-refractivity contribution in [3.05, 3.63) is 58.7 Å². The van der Waals surface area contributed by atoms with E-state index in [0.29, 0.717) is 55.3 Å². The van der Waals surface area contributed by atoms with Crippen LogP contribution in [0.5, 0.6) is 0 Å². The maximum Gasteiger partial charge on any atom is 0.416 e. The number of imidazole rings is 1. The summed E-state index contributed by atoms with van der Waals surface area (Å²) in [5.74, 6) is 0.706. The molecule has 3 heterocycles. The first-order valence-corrected chi connectivity index (χ1v) is 9.19. The zero-order valence-electron chi connectivity index (χ0n) is 15.7. The van der Waals surface area contributed by atoms with Crippen molar-refractivity contribution in [3.63, 3.8) is 0 Å². The van der Waals surface area contributed by atoms with Gasteiger partial charge in [-0.3, -0.25) is 9.20 Å². The second-order valence-corrected chi connectivity index (χ2v) is 6.90. The SMILES string of the molecule is Cc1c(Cc2c(C=O)nc3cnc(N4CCOCC4)cn23)cccc1C(F)(F)F. The predicted octanol–water partition coefficient (Wildman–Crippen LogP) is 3.30. The third-order valence-electron chi connectivity index (χ3n) is 5.18. The van der Waals surface area contributed by atoms with Gasteiger partial charge in [-0.05, 0) is 24.1 Å². The molecule has 1 aliphatic rings. The van der Waals surface area contributed by atoms with E-state index in [9.17, 15) is 18.0 Å². The first-order chi connectivity index (χ1) is 13.9. The lowest BCUT2D eigenvalue weighted by atomic mass is 9.98. The van der Waals surface area contributed by atoms with E-state index in [2.05, 4.69) is 14.9 Å². The highest BCUT2D eigenvalue weighted by Crippen LogP contribution is 2.33. The Kier molecular flexibility index (Phi) is 4.99. The minimum atomic E-state index is -4.43. The Hall–Kier alpha value is -2.94. The zero-order chi connectivity index (χ0) is 20.6. The van der Waals surface area contributed by atoms with Crippen LogP contribution in [0.4, 0.5) is 19.0 Å². The summed E-state index contributed by atoms with van der Waals surface area (Å²) in [6.07, 6.45) is -0.309. The van der Waals surface area contributed by atoms with Crippen molar-refractivity contribution in [2.75, 3.05) is 31.2 Å². The van der Waals surface area contributed by atoms with Crippen LogP contribution in [0.15, 0.2) is 30.6 Å². The average Bonchev–Trinajstić information content (AvgIpc) is 3.06. The highest BCUT2D eigenvalue weighted by molar-refractivity contribution is 5.76. The third kappa shape index (κ3) is 3.69. The number of aldehydes is 1. The van der Waals surface area contributed by atoms with Crippen molar-refractivity contribution >= 4 is 17.8 Å². The van der Waals surface area contributed by atoms with Gasteiger partial charge in [-0.1, -0.05) is 12.1 Å². The van der Waals surface area contributed by atoms with Gasteiger partial charge < -0.3 is 9.64 Å². The molecule has 6 nitrogen and oxygen atoms in total. The maximum atomic E-state index is 13.3. The Balaban J connectivity index is 1.77. The van der Waals surface area contributed by atoms with Gasteiger partial charge in [0.25, 0.3) is 0 Å². The first kappa shape index (κ1) is 19.4. The van der Waals surface area contributed by atoms with Gasteiger partial charge in [0, 0.05) is 19.5 Å². The smallest absolute Gasteiger partial charge is 0.378 e. The molecule has 2 aromatic heterocycles. The summed E-state index contributed by atoms with van der Waals surface area (Å²) in [7, 11) is 0. The molecule has 1 saturated heterocycles. The van der Waals surface area contributed by atoms with E-state index < -0.39 is 11.7 Å². The largest absolute Gasteiger partial charge is 0.416 e. The second-order valence-electron chi connectivity index (χ2n) is 6.90. The Bertz CT molecular complexity index is 1060. The van der Waals surface area contributed by atoms with Crippen LogP contribution in [0.25, 0.3) is 5.65 Å². The number of ether oxygens (including phenoxy) is 1. The Morgan fingerprint density at radius 1 is 1.24 bits per heavy atom. The number of aromatic nitrogens is 3. The van der Waals surface area contributed by atoms with E-state index in [1.54, 1.807) is 22.9 Å². The summed E-state index contributed by atoms with van der Waals surface area (Å²) < 4.78 is 46.9. The van der Waals surface area contributed by atoms with Crippen molar-refractivity contribution in [2.24, 2.45) is 0 Å². The van der Waals surface area contributed by atoms with Gasteiger partial charge in [0.15, 0.2) is 11.9 Å². The number of benzene rings is 1. The van der Waals surface area contributed by atoms with Crippen LogP contribution in [0.1, 0.15) is 32.9 Å². The molecule has 0 bridgehead atoms. The average molecular weight is 404 g/mol. The minimum absolute atomic E-state index is 0.147. The Morgan fingerprint density at radius 3 is 2.69 bits per heavy atom.